The van der Waals surface area contributed by atoms with E-state index in [2.05, 4.69) is 5.32 Å². The number of nitrogens with one attached hydrogen (secondary N) is 1. The van der Waals surface area contributed by atoms with Crippen LogP contribution < -0.4 is 10.1 Å². The van der Waals surface area contributed by atoms with Crippen LogP contribution in [0.1, 0.15) is 25.8 Å². The maximum Gasteiger partial charge on any atom is 0.272 e. The molecular formula is C14H21F2NO2. The van der Waals surface area contributed by atoms with E-state index < -0.39 is 13.0 Å². The molecule has 0 aliphatic carbocycles. The van der Waals surface area contributed by atoms with Crippen molar-refractivity contribution in [3.8, 4) is 5.75 Å². The molecule has 19 heavy (non-hydrogen) atoms. The van der Waals surface area contributed by atoms with Crippen LogP contribution in [0.2, 0.25) is 0 Å². The lowest BCUT2D eigenvalue weighted by Crippen LogP contribution is -2.39. The largest absolute Gasteiger partial charge is 0.488 e. The molecule has 2 N–H and O–H groups in total. The molecule has 0 amide bonds. The smallest absolute Gasteiger partial charge is 0.272 e. The summed E-state index contributed by atoms with van der Waals surface area (Å²) < 4.78 is 28.8. The topological polar surface area (TPSA) is 41.5 Å². The van der Waals surface area contributed by atoms with E-state index in [1.54, 1.807) is 12.1 Å². The van der Waals surface area contributed by atoms with Gasteiger partial charge in [0.15, 0.2) is 0 Å². The average molecular weight is 273 g/mol. The van der Waals surface area contributed by atoms with Gasteiger partial charge >= 0.3 is 0 Å². The predicted molar refractivity (Wildman–Crippen MR) is 70.6 cm³/mol. The summed E-state index contributed by atoms with van der Waals surface area (Å²) in [5, 5.41) is 12.2. The summed E-state index contributed by atoms with van der Waals surface area (Å²) >= 11 is 0. The van der Waals surface area contributed by atoms with E-state index in [9.17, 15) is 8.78 Å². The summed E-state index contributed by atoms with van der Waals surface area (Å²) in [6, 6.07) is 7.03. The van der Waals surface area contributed by atoms with E-state index in [-0.39, 0.29) is 12.1 Å². The first kappa shape index (κ1) is 15.9. The van der Waals surface area contributed by atoms with Crippen molar-refractivity contribution in [1.82, 2.24) is 5.32 Å². The van der Waals surface area contributed by atoms with Crippen LogP contribution in [0.25, 0.3) is 0 Å². The minimum Gasteiger partial charge on any atom is -0.488 e. The van der Waals surface area contributed by atoms with Crippen LogP contribution in [0.15, 0.2) is 24.3 Å². The first-order chi connectivity index (χ1) is 8.93. The van der Waals surface area contributed by atoms with Crippen LogP contribution in [-0.2, 0) is 6.54 Å². The molecule has 0 radical (unpaired) electrons. The molecule has 5 heteroatoms. The Kier molecular flexibility index (Phi) is 6.18. The first-order valence-electron chi connectivity index (χ1n) is 6.29. The maximum absolute atomic E-state index is 12.0. The van der Waals surface area contributed by atoms with E-state index in [0.29, 0.717) is 18.7 Å². The molecule has 0 saturated heterocycles. The number of rotatable bonds is 8. The fourth-order valence-corrected chi connectivity index (χ4v) is 1.57. The molecule has 0 atom stereocenters. The number of benzene rings is 1. The van der Waals surface area contributed by atoms with Crippen LogP contribution in [0.4, 0.5) is 8.78 Å². The molecule has 1 aromatic rings. The number of hydrogen-bond donors (Lipinski definition) is 2. The van der Waals surface area contributed by atoms with Gasteiger partial charge in [-0.05, 0) is 38.0 Å². The molecule has 0 fully saturated rings. The van der Waals surface area contributed by atoms with Gasteiger partial charge < -0.3 is 15.2 Å². The van der Waals surface area contributed by atoms with Crippen molar-refractivity contribution in [2.24, 2.45) is 0 Å². The normalized spacial score (nSPS) is 11.9. The minimum absolute atomic E-state index is 0.139. The second kappa shape index (κ2) is 7.40. The Morgan fingerprint density at radius 3 is 2.42 bits per heavy atom. The number of alkyl halides is 2. The minimum atomic E-state index is -2.46. The third-order valence-electron chi connectivity index (χ3n) is 2.81. The van der Waals surface area contributed by atoms with Crippen molar-refractivity contribution in [2.45, 2.75) is 38.8 Å². The quantitative estimate of drug-likeness (QED) is 0.765. The summed E-state index contributed by atoms with van der Waals surface area (Å²) in [6.45, 7) is 4.25. The lowest BCUT2D eigenvalue weighted by atomic mass is 10.0. The number of aliphatic hydroxyl groups is 1. The Hall–Kier alpha value is -1.20. The molecule has 0 spiro atoms. The summed E-state index contributed by atoms with van der Waals surface area (Å²) in [6.07, 6.45) is -1.79. The zero-order chi connectivity index (χ0) is 14.3. The van der Waals surface area contributed by atoms with Crippen molar-refractivity contribution < 1.29 is 18.6 Å². The molecule has 0 saturated carbocycles. The number of aliphatic hydroxyl groups excluding tert-OH is 1. The van der Waals surface area contributed by atoms with Gasteiger partial charge in [0.05, 0.1) is 0 Å². The van der Waals surface area contributed by atoms with Crippen molar-refractivity contribution in [2.75, 3.05) is 13.2 Å². The fourth-order valence-electron chi connectivity index (χ4n) is 1.57. The highest BCUT2D eigenvalue weighted by molar-refractivity contribution is 5.27. The van der Waals surface area contributed by atoms with E-state index >= 15 is 0 Å². The van der Waals surface area contributed by atoms with Crippen LogP contribution in [0.3, 0.4) is 0 Å². The zero-order valence-electron chi connectivity index (χ0n) is 11.3. The average Bonchev–Trinajstić information content (AvgIpc) is 2.35. The van der Waals surface area contributed by atoms with Crippen LogP contribution in [0, 0.1) is 0 Å². The molecule has 0 aliphatic rings. The van der Waals surface area contributed by atoms with Crippen LogP contribution >= 0.6 is 0 Å². The third kappa shape index (κ3) is 6.50. The van der Waals surface area contributed by atoms with Crippen molar-refractivity contribution in [3.05, 3.63) is 29.8 Å². The molecule has 0 heterocycles. The summed E-state index contributed by atoms with van der Waals surface area (Å²) in [5.74, 6) is 0.443. The van der Waals surface area contributed by atoms with Gasteiger partial charge in [0.1, 0.15) is 12.4 Å². The molecule has 0 unspecified atom stereocenters. The molecule has 0 bridgehead atoms. The summed E-state index contributed by atoms with van der Waals surface area (Å²) in [7, 11) is 0. The van der Waals surface area contributed by atoms with Crippen LogP contribution in [-0.4, -0.2) is 30.3 Å². The van der Waals surface area contributed by atoms with E-state index in [0.717, 1.165) is 5.56 Å². The molecule has 108 valence electrons. The van der Waals surface area contributed by atoms with Crippen molar-refractivity contribution in [3.63, 3.8) is 0 Å². The molecule has 1 rings (SSSR count). The van der Waals surface area contributed by atoms with Gasteiger partial charge in [-0.3, -0.25) is 0 Å². The molecular weight excluding hydrogens is 252 g/mol. The van der Waals surface area contributed by atoms with E-state index in [1.165, 1.54) is 0 Å². The number of halogens is 2. The highest BCUT2D eigenvalue weighted by Crippen LogP contribution is 2.14. The van der Waals surface area contributed by atoms with Gasteiger partial charge in [-0.1, -0.05) is 12.1 Å². The van der Waals surface area contributed by atoms with Gasteiger partial charge in [-0.25, -0.2) is 8.78 Å². The van der Waals surface area contributed by atoms with Gasteiger partial charge in [0.2, 0.25) is 0 Å². The standard InChI is InChI=1S/C14H21F2NO2/c1-14(2,7-8-18)17-9-11-3-5-12(6-4-11)19-10-13(15)16/h3-6,13,17-18H,7-10H2,1-2H3. The summed E-state index contributed by atoms with van der Waals surface area (Å²) in [4.78, 5) is 0. The Morgan fingerprint density at radius 1 is 1.26 bits per heavy atom. The monoisotopic (exact) mass is 273 g/mol. The predicted octanol–water partition coefficient (Wildman–Crippen LogP) is 2.58. The third-order valence-corrected chi connectivity index (χ3v) is 2.81. The second-order valence-electron chi connectivity index (χ2n) is 5.06. The highest BCUT2D eigenvalue weighted by Gasteiger charge is 2.15. The lowest BCUT2D eigenvalue weighted by Gasteiger charge is -2.25. The Bertz CT molecular complexity index is 366. The number of ether oxygens (including phenoxy) is 1. The summed E-state index contributed by atoms with van der Waals surface area (Å²) in [5.41, 5.74) is 0.898. The Morgan fingerprint density at radius 2 is 1.89 bits per heavy atom. The second-order valence-corrected chi connectivity index (χ2v) is 5.06. The van der Waals surface area contributed by atoms with Gasteiger partial charge in [0, 0.05) is 18.7 Å². The SMILES string of the molecule is CC(C)(CCO)NCc1ccc(OCC(F)F)cc1. The van der Waals surface area contributed by atoms with Crippen molar-refractivity contribution >= 4 is 0 Å². The van der Waals surface area contributed by atoms with Crippen molar-refractivity contribution in [1.29, 1.82) is 0 Å². The Balaban J connectivity index is 2.44. The zero-order valence-corrected chi connectivity index (χ0v) is 11.3. The van der Waals surface area contributed by atoms with Gasteiger partial charge in [0.25, 0.3) is 6.43 Å². The van der Waals surface area contributed by atoms with Gasteiger partial charge in [-0.2, -0.15) is 0 Å². The van der Waals surface area contributed by atoms with Gasteiger partial charge in [-0.15, -0.1) is 0 Å². The molecule has 3 nitrogen and oxygen atoms in total. The fraction of sp³-hybridized carbons (Fsp3) is 0.571. The lowest BCUT2D eigenvalue weighted by molar-refractivity contribution is 0.0819. The molecule has 0 aromatic heterocycles. The molecule has 0 aliphatic heterocycles. The van der Waals surface area contributed by atoms with E-state index in [4.69, 9.17) is 9.84 Å². The highest BCUT2D eigenvalue weighted by atomic mass is 19.3. The Labute approximate surface area is 112 Å². The maximum atomic E-state index is 12.0. The molecule has 1 aromatic carbocycles. The van der Waals surface area contributed by atoms with E-state index in [1.807, 2.05) is 26.0 Å². The number of hydrogen-bond acceptors (Lipinski definition) is 3. The van der Waals surface area contributed by atoms with Crippen LogP contribution in [0.5, 0.6) is 5.75 Å². The first-order valence-corrected chi connectivity index (χ1v) is 6.29.